The Morgan fingerprint density at radius 3 is 2.89 bits per heavy atom. The first kappa shape index (κ1) is 13.7. The Morgan fingerprint density at radius 1 is 1.42 bits per heavy atom. The van der Waals surface area contributed by atoms with Crippen LogP contribution in [0.2, 0.25) is 0 Å². The van der Waals surface area contributed by atoms with Gasteiger partial charge in [0.05, 0.1) is 17.6 Å². The summed E-state index contributed by atoms with van der Waals surface area (Å²) in [7, 11) is 1.90. The number of benzene rings is 1. The van der Waals surface area contributed by atoms with Gasteiger partial charge in [-0.05, 0) is 12.5 Å². The second-order valence-electron chi connectivity index (χ2n) is 5.06. The van der Waals surface area contributed by atoms with Crippen LogP contribution in [-0.2, 0) is 18.3 Å². The van der Waals surface area contributed by atoms with E-state index in [1.165, 1.54) is 0 Å². The predicted octanol–water partition coefficient (Wildman–Crippen LogP) is 2.20. The van der Waals surface area contributed by atoms with Gasteiger partial charge in [-0.3, -0.25) is 9.48 Å². The molecule has 0 aliphatic carbocycles. The molecular formula is C15H21N3O. The highest BCUT2D eigenvalue weighted by Crippen LogP contribution is 2.18. The van der Waals surface area contributed by atoms with Gasteiger partial charge in [0.15, 0.2) is 0 Å². The summed E-state index contributed by atoms with van der Waals surface area (Å²) in [4.78, 5) is 12.0. The van der Waals surface area contributed by atoms with E-state index in [4.69, 9.17) is 5.73 Å². The SMILES string of the molecule is CCCC(N)CC(=O)Cc1nn(C)c2ccccc12. The smallest absolute Gasteiger partial charge is 0.140 e. The average Bonchev–Trinajstić information content (AvgIpc) is 2.67. The Labute approximate surface area is 113 Å². The Bertz CT molecular complexity index is 574. The third-order valence-corrected chi connectivity index (χ3v) is 3.35. The van der Waals surface area contributed by atoms with E-state index in [0.29, 0.717) is 12.8 Å². The second-order valence-corrected chi connectivity index (χ2v) is 5.06. The van der Waals surface area contributed by atoms with Crippen molar-refractivity contribution in [3.05, 3.63) is 30.0 Å². The molecule has 102 valence electrons. The highest BCUT2D eigenvalue weighted by atomic mass is 16.1. The van der Waals surface area contributed by atoms with Crippen LogP contribution >= 0.6 is 0 Å². The maximum absolute atomic E-state index is 12.0. The highest BCUT2D eigenvalue weighted by Gasteiger charge is 2.14. The zero-order chi connectivity index (χ0) is 13.8. The maximum Gasteiger partial charge on any atom is 0.140 e. The number of ketones is 1. The molecule has 2 rings (SSSR count). The van der Waals surface area contributed by atoms with Crippen LogP contribution in [0.1, 0.15) is 31.9 Å². The number of carbonyl (C=O) groups excluding carboxylic acids is 1. The summed E-state index contributed by atoms with van der Waals surface area (Å²) >= 11 is 0. The van der Waals surface area contributed by atoms with E-state index in [2.05, 4.69) is 12.0 Å². The molecule has 2 aromatic rings. The van der Waals surface area contributed by atoms with Crippen molar-refractivity contribution in [1.29, 1.82) is 0 Å². The fourth-order valence-corrected chi connectivity index (χ4v) is 2.44. The first-order chi connectivity index (χ1) is 9.11. The van der Waals surface area contributed by atoms with Crippen molar-refractivity contribution in [2.45, 2.75) is 38.6 Å². The van der Waals surface area contributed by atoms with Gasteiger partial charge in [0, 0.05) is 24.9 Å². The molecule has 0 spiro atoms. The molecule has 0 bridgehead atoms. The summed E-state index contributed by atoms with van der Waals surface area (Å²) in [6, 6.07) is 7.95. The molecule has 0 aliphatic heterocycles. The molecule has 1 aromatic carbocycles. The van der Waals surface area contributed by atoms with E-state index in [0.717, 1.165) is 29.4 Å². The molecule has 0 saturated heterocycles. The van der Waals surface area contributed by atoms with Crippen LogP contribution in [0.4, 0.5) is 0 Å². The lowest BCUT2D eigenvalue weighted by atomic mass is 10.0. The monoisotopic (exact) mass is 259 g/mol. The van der Waals surface area contributed by atoms with Gasteiger partial charge in [-0.2, -0.15) is 5.10 Å². The van der Waals surface area contributed by atoms with E-state index in [1.807, 2.05) is 36.0 Å². The lowest BCUT2D eigenvalue weighted by Gasteiger charge is -2.08. The van der Waals surface area contributed by atoms with Crippen molar-refractivity contribution in [2.75, 3.05) is 0 Å². The van der Waals surface area contributed by atoms with Gasteiger partial charge >= 0.3 is 0 Å². The minimum Gasteiger partial charge on any atom is -0.327 e. The highest BCUT2D eigenvalue weighted by molar-refractivity contribution is 5.88. The summed E-state index contributed by atoms with van der Waals surface area (Å²) in [5.41, 5.74) is 7.82. The number of para-hydroxylation sites is 1. The van der Waals surface area contributed by atoms with E-state index < -0.39 is 0 Å². The first-order valence-corrected chi connectivity index (χ1v) is 6.79. The van der Waals surface area contributed by atoms with Crippen molar-refractivity contribution in [1.82, 2.24) is 9.78 Å². The van der Waals surface area contributed by atoms with E-state index in [1.54, 1.807) is 0 Å². The molecule has 1 atom stereocenters. The molecule has 1 heterocycles. The van der Waals surface area contributed by atoms with Crippen LogP contribution < -0.4 is 5.73 Å². The molecule has 19 heavy (non-hydrogen) atoms. The number of aryl methyl sites for hydroxylation is 1. The van der Waals surface area contributed by atoms with Gasteiger partial charge in [-0.1, -0.05) is 31.5 Å². The fraction of sp³-hybridized carbons (Fsp3) is 0.467. The van der Waals surface area contributed by atoms with E-state index >= 15 is 0 Å². The zero-order valence-corrected chi connectivity index (χ0v) is 11.6. The molecule has 0 radical (unpaired) electrons. The van der Waals surface area contributed by atoms with Crippen LogP contribution in [0.5, 0.6) is 0 Å². The number of hydrogen-bond donors (Lipinski definition) is 1. The molecule has 1 unspecified atom stereocenters. The number of Topliss-reactive ketones (excluding diaryl/α,β-unsaturated/α-hetero) is 1. The fourth-order valence-electron chi connectivity index (χ4n) is 2.44. The van der Waals surface area contributed by atoms with Crippen molar-refractivity contribution in [3.63, 3.8) is 0 Å². The van der Waals surface area contributed by atoms with Gasteiger partial charge in [-0.25, -0.2) is 0 Å². The quantitative estimate of drug-likeness (QED) is 0.865. The molecule has 0 aliphatic rings. The number of nitrogens with two attached hydrogens (primary N) is 1. The van der Waals surface area contributed by atoms with Crippen molar-refractivity contribution in [2.24, 2.45) is 12.8 Å². The predicted molar refractivity (Wildman–Crippen MR) is 76.9 cm³/mol. The molecule has 4 nitrogen and oxygen atoms in total. The lowest BCUT2D eigenvalue weighted by molar-refractivity contribution is -0.118. The summed E-state index contributed by atoms with van der Waals surface area (Å²) in [6.07, 6.45) is 2.73. The average molecular weight is 259 g/mol. The zero-order valence-electron chi connectivity index (χ0n) is 11.6. The van der Waals surface area contributed by atoms with Crippen LogP contribution in [-0.4, -0.2) is 21.6 Å². The van der Waals surface area contributed by atoms with Gasteiger partial charge in [0.25, 0.3) is 0 Å². The third-order valence-electron chi connectivity index (χ3n) is 3.35. The minimum absolute atomic E-state index is 0.0209. The number of fused-ring (bicyclic) bond motifs is 1. The second kappa shape index (κ2) is 5.97. The Kier molecular flexibility index (Phi) is 4.32. The number of rotatable bonds is 6. The molecule has 1 aromatic heterocycles. The van der Waals surface area contributed by atoms with Crippen LogP contribution in [0.25, 0.3) is 10.9 Å². The molecular weight excluding hydrogens is 238 g/mol. The number of nitrogens with zero attached hydrogens (tertiary/aromatic N) is 2. The number of aromatic nitrogens is 2. The Hall–Kier alpha value is -1.68. The lowest BCUT2D eigenvalue weighted by Crippen LogP contribution is -2.24. The summed E-state index contributed by atoms with van der Waals surface area (Å²) < 4.78 is 1.82. The third kappa shape index (κ3) is 3.20. The largest absolute Gasteiger partial charge is 0.327 e. The summed E-state index contributed by atoms with van der Waals surface area (Å²) in [6.45, 7) is 2.08. The molecule has 0 amide bonds. The van der Waals surface area contributed by atoms with Gasteiger partial charge in [0.2, 0.25) is 0 Å². The molecule has 4 heteroatoms. The molecule has 0 fully saturated rings. The van der Waals surface area contributed by atoms with Crippen LogP contribution in [0.15, 0.2) is 24.3 Å². The minimum atomic E-state index is -0.0209. The standard InChI is InChI=1S/C15H21N3O/c1-3-6-11(16)9-12(19)10-14-13-7-4-5-8-15(13)18(2)17-14/h4-5,7-8,11H,3,6,9-10,16H2,1-2H3. The van der Waals surface area contributed by atoms with Gasteiger partial charge in [-0.15, -0.1) is 0 Å². The van der Waals surface area contributed by atoms with Crippen molar-refractivity contribution in [3.8, 4) is 0 Å². The topological polar surface area (TPSA) is 60.9 Å². The summed E-state index contributed by atoms with van der Waals surface area (Å²) in [5.74, 6) is 0.171. The van der Waals surface area contributed by atoms with Crippen LogP contribution in [0.3, 0.4) is 0 Å². The maximum atomic E-state index is 12.0. The number of carbonyl (C=O) groups is 1. The molecule has 2 N–H and O–H groups in total. The van der Waals surface area contributed by atoms with Gasteiger partial charge in [0.1, 0.15) is 5.78 Å². The number of hydrogen-bond acceptors (Lipinski definition) is 3. The Morgan fingerprint density at radius 2 is 2.16 bits per heavy atom. The van der Waals surface area contributed by atoms with Gasteiger partial charge < -0.3 is 5.73 Å². The van der Waals surface area contributed by atoms with E-state index in [-0.39, 0.29) is 11.8 Å². The van der Waals surface area contributed by atoms with Crippen molar-refractivity contribution >= 4 is 16.7 Å². The molecule has 0 saturated carbocycles. The van der Waals surface area contributed by atoms with Crippen LogP contribution in [0, 0.1) is 0 Å². The first-order valence-electron chi connectivity index (χ1n) is 6.79. The Balaban J connectivity index is 2.11. The van der Waals surface area contributed by atoms with E-state index in [9.17, 15) is 4.79 Å². The normalized spacial score (nSPS) is 12.8. The van der Waals surface area contributed by atoms with Crippen molar-refractivity contribution < 1.29 is 4.79 Å². The summed E-state index contributed by atoms with van der Waals surface area (Å²) in [5, 5.41) is 5.50.